The van der Waals surface area contributed by atoms with E-state index in [0.29, 0.717) is 10.8 Å². The third-order valence-corrected chi connectivity index (χ3v) is 5.62. The van der Waals surface area contributed by atoms with E-state index in [-0.39, 0.29) is 11.7 Å². The van der Waals surface area contributed by atoms with Crippen molar-refractivity contribution >= 4 is 35.5 Å². The standard InChI is InChI=1S/C22H21ClFN3OS/c1-15-11-18(16(2)27(15)21-9-7-20(24)8-10-21)12-25-26-22(28)14-29-13-17-3-5-19(23)6-4-17/h3-12H,13-14H2,1-2H3,(H,26,28)/b25-12+. The van der Waals surface area contributed by atoms with E-state index in [0.717, 1.165) is 34.0 Å². The van der Waals surface area contributed by atoms with Gasteiger partial charge in [-0.3, -0.25) is 4.79 Å². The fourth-order valence-electron chi connectivity index (χ4n) is 2.95. The van der Waals surface area contributed by atoms with Crippen molar-refractivity contribution in [3.05, 3.63) is 88.0 Å². The second kappa shape index (κ2) is 9.76. The van der Waals surface area contributed by atoms with Crippen LogP contribution in [0, 0.1) is 19.7 Å². The molecule has 1 N–H and O–H groups in total. The molecule has 1 aromatic heterocycles. The maximum absolute atomic E-state index is 13.2. The number of benzene rings is 2. The molecule has 150 valence electrons. The molecule has 0 saturated carbocycles. The van der Waals surface area contributed by atoms with Gasteiger partial charge in [0.15, 0.2) is 0 Å². The van der Waals surface area contributed by atoms with Crippen LogP contribution in [0.1, 0.15) is 22.5 Å². The minimum absolute atomic E-state index is 0.160. The molecule has 3 aromatic rings. The summed E-state index contributed by atoms with van der Waals surface area (Å²) in [7, 11) is 0. The molecule has 3 rings (SSSR count). The first-order valence-corrected chi connectivity index (χ1v) is 10.6. The van der Waals surface area contributed by atoms with Gasteiger partial charge in [-0.2, -0.15) is 5.10 Å². The highest BCUT2D eigenvalue weighted by Crippen LogP contribution is 2.20. The van der Waals surface area contributed by atoms with E-state index < -0.39 is 0 Å². The number of rotatable bonds is 7. The van der Waals surface area contributed by atoms with Gasteiger partial charge in [-0.05, 0) is 61.9 Å². The quantitative estimate of drug-likeness (QED) is 0.410. The number of thioether (sulfide) groups is 1. The average Bonchev–Trinajstić information content (AvgIpc) is 2.98. The van der Waals surface area contributed by atoms with Crippen LogP contribution in [0.3, 0.4) is 0 Å². The maximum atomic E-state index is 13.2. The molecule has 1 heterocycles. The second-order valence-corrected chi connectivity index (χ2v) is 7.97. The fourth-order valence-corrected chi connectivity index (χ4v) is 3.86. The lowest BCUT2D eigenvalue weighted by atomic mass is 10.2. The number of carbonyl (C=O) groups excluding carboxylic acids is 1. The van der Waals surface area contributed by atoms with E-state index in [1.165, 1.54) is 23.9 Å². The molecule has 0 radical (unpaired) electrons. The lowest BCUT2D eigenvalue weighted by Crippen LogP contribution is -2.19. The molecule has 4 nitrogen and oxygen atoms in total. The molecule has 0 unspecified atom stereocenters. The summed E-state index contributed by atoms with van der Waals surface area (Å²) in [5.41, 5.74) is 7.40. The summed E-state index contributed by atoms with van der Waals surface area (Å²) in [6, 6.07) is 15.9. The van der Waals surface area contributed by atoms with E-state index in [2.05, 4.69) is 10.5 Å². The summed E-state index contributed by atoms with van der Waals surface area (Å²) in [4.78, 5) is 12.0. The predicted molar refractivity (Wildman–Crippen MR) is 119 cm³/mol. The highest BCUT2D eigenvalue weighted by molar-refractivity contribution is 7.99. The number of carbonyl (C=O) groups is 1. The third kappa shape index (κ3) is 5.71. The first-order chi connectivity index (χ1) is 13.9. The number of nitrogens with one attached hydrogen (secondary N) is 1. The van der Waals surface area contributed by atoms with E-state index in [1.807, 2.05) is 48.7 Å². The number of aromatic nitrogens is 1. The molecule has 0 atom stereocenters. The number of nitrogens with zero attached hydrogens (tertiary/aromatic N) is 2. The minimum atomic E-state index is -0.269. The zero-order chi connectivity index (χ0) is 20.8. The summed E-state index contributed by atoms with van der Waals surface area (Å²) < 4.78 is 15.2. The van der Waals surface area contributed by atoms with Crippen molar-refractivity contribution in [1.82, 2.24) is 9.99 Å². The molecule has 1 amide bonds. The van der Waals surface area contributed by atoms with Crippen LogP contribution in [0.15, 0.2) is 59.7 Å². The van der Waals surface area contributed by atoms with Gasteiger partial charge < -0.3 is 4.57 Å². The molecular weight excluding hydrogens is 409 g/mol. The Morgan fingerprint density at radius 1 is 1.17 bits per heavy atom. The van der Waals surface area contributed by atoms with E-state index >= 15 is 0 Å². The molecule has 0 aliphatic carbocycles. The van der Waals surface area contributed by atoms with Crippen LogP contribution in [0.4, 0.5) is 4.39 Å². The Morgan fingerprint density at radius 3 is 2.55 bits per heavy atom. The summed E-state index contributed by atoms with van der Waals surface area (Å²) in [5, 5.41) is 4.77. The highest BCUT2D eigenvalue weighted by Gasteiger charge is 2.09. The van der Waals surface area contributed by atoms with Crippen LogP contribution in [0.25, 0.3) is 5.69 Å². The topological polar surface area (TPSA) is 46.4 Å². The molecule has 29 heavy (non-hydrogen) atoms. The zero-order valence-corrected chi connectivity index (χ0v) is 17.7. The molecule has 0 bridgehead atoms. The van der Waals surface area contributed by atoms with Crippen molar-refractivity contribution in [2.45, 2.75) is 19.6 Å². The minimum Gasteiger partial charge on any atom is -0.318 e. The Bertz CT molecular complexity index is 1010. The van der Waals surface area contributed by atoms with E-state index in [9.17, 15) is 9.18 Å². The Hall–Kier alpha value is -2.57. The summed E-state index contributed by atoms with van der Waals surface area (Å²) in [6.07, 6.45) is 1.63. The molecule has 0 aliphatic rings. The predicted octanol–water partition coefficient (Wildman–Crippen LogP) is 5.27. The Balaban J connectivity index is 1.54. The van der Waals surface area contributed by atoms with Crippen molar-refractivity contribution in [1.29, 1.82) is 0 Å². The van der Waals surface area contributed by atoms with Gasteiger partial charge in [0.2, 0.25) is 5.91 Å². The molecular formula is C22H21ClFN3OS. The summed E-state index contributed by atoms with van der Waals surface area (Å²) in [5.74, 6) is 0.615. The molecule has 0 spiro atoms. The lowest BCUT2D eigenvalue weighted by molar-refractivity contribution is -0.118. The van der Waals surface area contributed by atoms with Gasteiger partial charge >= 0.3 is 0 Å². The lowest BCUT2D eigenvalue weighted by Gasteiger charge is -2.09. The third-order valence-electron chi connectivity index (χ3n) is 4.36. The van der Waals surface area contributed by atoms with Gasteiger partial charge in [0.25, 0.3) is 0 Å². The highest BCUT2D eigenvalue weighted by atomic mass is 35.5. The van der Waals surface area contributed by atoms with Crippen molar-refractivity contribution in [3.8, 4) is 5.69 Å². The zero-order valence-electron chi connectivity index (χ0n) is 16.2. The number of hydrazone groups is 1. The SMILES string of the molecule is Cc1cc(/C=N/NC(=O)CSCc2ccc(Cl)cc2)c(C)n1-c1ccc(F)cc1. The normalized spacial score (nSPS) is 11.2. The average molecular weight is 430 g/mol. The van der Waals surface area contributed by atoms with Crippen molar-refractivity contribution in [3.63, 3.8) is 0 Å². The van der Waals surface area contributed by atoms with Crippen LogP contribution in [-0.2, 0) is 10.5 Å². The number of hydrogen-bond donors (Lipinski definition) is 1. The smallest absolute Gasteiger partial charge is 0.250 e. The molecule has 0 aliphatic heterocycles. The van der Waals surface area contributed by atoms with Crippen LogP contribution < -0.4 is 5.43 Å². The maximum Gasteiger partial charge on any atom is 0.250 e. The van der Waals surface area contributed by atoms with Crippen molar-refractivity contribution in [2.75, 3.05) is 5.75 Å². The largest absolute Gasteiger partial charge is 0.318 e. The molecule has 0 saturated heterocycles. The number of aryl methyl sites for hydroxylation is 1. The first-order valence-electron chi connectivity index (χ1n) is 9.03. The summed E-state index contributed by atoms with van der Waals surface area (Å²) in [6.45, 7) is 3.93. The van der Waals surface area contributed by atoms with Gasteiger partial charge in [0.1, 0.15) is 5.82 Å². The van der Waals surface area contributed by atoms with Crippen molar-refractivity contribution < 1.29 is 9.18 Å². The molecule has 0 fully saturated rings. The Kier molecular flexibility index (Phi) is 7.12. The van der Waals surface area contributed by atoms with Crippen LogP contribution in [0.5, 0.6) is 0 Å². The number of amides is 1. The molecule has 7 heteroatoms. The van der Waals surface area contributed by atoms with Gasteiger partial charge in [0.05, 0.1) is 12.0 Å². The van der Waals surface area contributed by atoms with Crippen molar-refractivity contribution in [2.24, 2.45) is 5.10 Å². The second-order valence-electron chi connectivity index (χ2n) is 6.55. The van der Waals surface area contributed by atoms with Crippen LogP contribution in [0.2, 0.25) is 5.02 Å². The van der Waals surface area contributed by atoms with Gasteiger partial charge in [-0.1, -0.05) is 23.7 Å². The molecule has 2 aromatic carbocycles. The van der Waals surface area contributed by atoms with Gasteiger partial charge in [0, 0.05) is 33.4 Å². The van der Waals surface area contributed by atoms with Gasteiger partial charge in [-0.15, -0.1) is 11.8 Å². The number of halogens is 2. The monoisotopic (exact) mass is 429 g/mol. The fraction of sp³-hybridized carbons (Fsp3) is 0.182. The number of hydrogen-bond acceptors (Lipinski definition) is 3. The van der Waals surface area contributed by atoms with Crippen LogP contribution in [-0.4, -0.2) is 22.4 Å². The Labute approximate surface area is 178 Å². The van der Waals surface area contributed by atoms with Gasteiger partial charge in [-0.25, -0.2) is 9.82 Å². The summed E-state index contributed by atoms with van der Waals surface area (Å²) >= 11 is 7.37. The Morgan fingerprint density at radius 2 is 1.86 bits per heavy atom. The van der Waals surface area contributed by atoms with Crippen LogP contribution >= 0.6 is 23.4 Å². The van der Waals surface area contributed by atoms with E-state index in [4.69, 9.17) is 11.6 Å². The first kappa shape index (κ1) is 21.1. The van der Waals surface area contributed by atoms with E-state index in [1.54, 1.807) is 18.3 Å².